The van der Waals surface area contributed by atoms with Crippen molar-refractivity contribution in [2.75, 3.05) is 6.54 Å². The molecule has 0 spiro atoms. The Morgan fingerprint density at radius 3 is 2.80 bits per heavy atom. The zero-order chi connectivity index (χ0) is 14.3. The van der Waals surface area contributed by atoms with Crippen molar-refractivity contribution in [3.8, 4) is 0 Å². The largest absolute Gasteiger partial charge is 0.340 e. The fraction of sp³-hybridized carbons (Fsp3) is 0.692. The predicted octanol–water partition coefficient (Wildman–Crippen LogP) is 0.490. The van der Waals surface area contributed by atoms with Gasteiger partial charge in [-0.2, -0.15) is 4.98 Å². The summed E-state index contributed by atoms with van der Waals surface area (Å²) in [6.45, 7) is 4.56. The topological polar surface area (TPSA) is 79.5 Å². The second-order valence-electron chi connectivity index (χ2n) is 5.31. The third-order valence-electron chi connectivity index (χ3n) is 4.03. The summed E-state index contributed by atoms with van der Waals surface area (Å²) in [4.78, 5) is 32.5. The van der Waals surface area contributed by atoms with Crippen molar-refractivity contribution >= 4 is 11.8 Å². The maximum absolute atomic E-state index is 12.6. The van der Waals surface area contributed by atoms with Gasteiger partial charge in [-0.1, -0.05) is 12.1 Å². The predicted molar refractivity (Wildman–Crippen MR) is 68.4 cm³/mol. The fourth-order valence-corrected chi connectivity index (χ4v) is 3.10. The molecule has 2 saturated heterocycles. The minimum atomic E-state index is -0.407. The lowest BCUT2D eigenvalue weighted by atomic mass is 10.0. The number of rotatable bonds is 3. The molecule has 2 fully saturated rings. The average Bonchev–Trinajstić information content (AvgIpc) is 3.05. The number of piperazine rings is 1. The van der Waals surface area contributed by atoms with Crippen LogP contribution in [0.2, 0.25) is 0 Å². The minimum absolute atomic E-state index is 0.0106. The molecule has 2 amide bonds. The molecule has 1 aromatic rings. The Kier molecular flexibility index (Phi) is 3.19. The highest BCUT2D eigenvalue weighted by Crippen LogP contribution is 2.28. The third kappa shape index (κ3) is 1.97. The molecule has 2 aliphatic rings. The maximum Gasteiger partial charge on any atom is 0.246 e. The van der Waals surface area contributed by atoms with E-state index in [4.69, 9.17) is 4.52 Å². The Morgan fingerprint density at radius 1 is 1.35 bits per heavy atom. The molecule has 0 aliphatic carbocycles. The van der Waals surface area contributed by atoms with Gasteiger partial charge in [0.15, 0.2) is 5.82 Å². The van der Waals surface area contributed by atoms with Crippen molar-refractivity contribution in [3.05, 3.63) is 11.7 Å². The van der Waals surface area contributed by atoms with Crippen molar-refractivity contribution in [1.82, 2.24) is 19.9 Å². The number of carbonyl (C=O) groups is 2. The Labute approximate surface area is 116 Å². The number of aromatic nitrogens is 2. The first-order valence-corrected chi connectivity index (χ1v) is 7.02. The van der Waals surface area contributed by atoms with Crippen molar-refractivity contribution in [1.29, 1.82) is 0 Å². The molecule has 3 heterocycles. The van der Waals surface area contributed by atoms with Gasteiger partial charge in [-0.15, -0.1) is 0 Å². The first-order chi connectivity index (χ1) is 9.61. The van der Waals surface area contributed by atoms with Crippen molar-refractivity contribution in [2.45, 2.75) is 51.7 Å². The molecule has 7 heteroatoms. The van der Waals surface area contributed by atoms with Crippen LogP contribution in [0.15, 0.2) is 4.52 Å². The highest BCUT2D eigenvalue weighted by molar-refractivity contribution is 5.97. The summed E-state index contributed by atoms with van der Waals surface area (Å²) in [5, 5.41) is 3.82. The van der Waals surface area contributed by atoms with E-state index >= 15 is 0 Å². The number of amides is 2. The van der Waals surface area contributed by atoms with Crippen LogP contribution in [0, 0.1) is 6.92 Å². The number of hydrogen-bond acceptors (Lipinski definition) is 5. The van der Waals surface area contributed by atoms with Gasteiger partial charge in [0.25, 0.3) is 0 Å². The van der Waals surface area contributed by atoms with Gasteiger partial charge in [0.2, 0.25) is 17.7 Å². The number of nitrogens with zero attached hydrogens (tertiary/aromatic N) is 4. The zero-order valence-corrected chi connectivity index (χ0v) is 11.7. The standard InChI is InChI=1S/C13H18N4O3/c1-3-9-12(18)16-6-4-5-10(16)13(19)17(9)7-11-14-8(2)20-15-11/h9-10H,3-7H2,1-2H3. The molecule has 20 heavy (non-hydrogen) atoms. The highest BCUT2D eigenvalue weighted by atomic mass is 16.5. The molecule has 0 saturated carbocycles. The summed E-state index contributed by atoms with van der Waals surface area (Å²) in [6, 6.07) is -0.700. The van der Waals surface area contributed by atoms with Crippen LogP contribution in [0.4, 0.5) is 0 Å². The van der Waals surface area contributed by atoms with Crippen molar-refractivity contribution in [2.24, 2.45) is 0 Å². The van der Waals surface area contributed by atoms with Crippen LogP contribution in [0.3, 0.4) is 0 Å². The summed E-state index contributed by atoms with van der Waals surface area (Å²) in [5.74, 6) is 0.978. The van der Waals surface area contributed by atoms with Gasteiger partial charge in [0, 0.05) is 13.5 Å². The molecule has 2 unspecified atom stereocenters. The van der Waals surface area contributed by atoms with E-state index in [1.807, 2.05) is 6.92 Å². The lowest BCUT2D eigenvalue weighted by Gasteiger charge is -2.41. The van der Waals surface area contributed by atoms with E-state index < -0.39 is 6.04 Å². The molecule has 2 aliphatic heterocycles. The SMILES string of the molecule is CCC1C(=O)N2CCCC2C(=O)N1Cc1noc(C)n1. The minimum Gasteiger partial charge on any atom is -0.340 e. The van der Waals surface area contributed by atoms with E-state index in [2.05, 4.69) is 10.1 Å². The average molecular weight is 278 g/mol. The second kappa shape index (κ2) is 4.88. The summed E-state index contributed by atoms with van der Waals surface area (Å²) in [6.07, 6.45) is 2.25. The van der Waals surface area contributed by atoms with Crippen LogP contribution in [0.1, 0.15) is 37.9 Å². The summed E-state index contributed by atoms with van der Waals surface area (Å²) >= 11 is 0. The van der Waals surface area contributed by atoms with Crippen LogP contribution in [0.25, 0.3) is 0 Å². The van der Waals surface area contributed by atoms with Gasteiger partial charge in [-0.3, -0.25) is 9.59 Å². The van der Waals surface area contributed by atoms with Gasteiger partial charge < -0.3 is 14.3 Å². The van der Waals surface area contributed by atoms with E-state index in [1.165, 1.54) is 0 Å². The van der Waals surface area contributed by atoms with E-state index in [0.29, 0.717) is 24.7 Å². The smallest absolute Gasteiger partial charge is 0.246 e. The molecule has 7 nitrogen and oxygen atoms in total. The third-order valence-corrected chi connectivity index (χ3v) is 4.03. The normalized spacial score (nSPS) is 26.3. The summed E-state index contributed by atoms with van der Waals surface area (Å²) < 4.78 is 4.93. The highest BCUT2D eigenvalue weighted by Gasteiger charge is 2.47. The maximum atomic E-state index is 12.6. The first kappa shape index (κ1) is 13.1. The molecule has 3 rings (SSSR count). The van der Waals surface area contributed by atoms with Gasteiger partial charge in [-0.25, -0.2) is 0 Å². The Balaban J connectivity index is 1.86. The Bertz CT molecular complexity index is 541. The van der Waals surface area contributed by atoms with E-state index in [-0.39, 0.29) is 24.4 Å². The molecular formula is C13H18N4O3. The van der Waals surface area contributed by atoms with Gasteiger partial charge >= 0.3 is 0 Å². The lowest BCUT2D eigenvalue weighted by Crippen LogP contribution is -2.62. The first-order valence-electron chi connectivity index (χ1n) is 7.02. The van der Waals surface area contributed by atoms with Gasteiger partial charge in [0.05, 0.1) is 6.54 Å². The summed E-state index contributed by atoms with van der Waals surface area (Å²) in [5.41, 5.74) is 0. The van der Waals surface area contributed by atoms with E-state index in [0.717, 1.165) is 12.8 Å². The number of hydrogen-bond donors (Lipinski definition) is 0. The Hall–Kier alpha value is -1.92. The molecule has 0 aromatic carbocycles. The van der Waals surface area contributed by atoms with Crippen LogP contribution in [-0.4, -0.2) is 50.4 Å². The molecule has 0 bridgehead atoms. The molecule has 2 atom stereocenters. The zero-order valence-electron chi connectivity index (χ0n) is 11.7. The molecule has 0 N–H and O–H groups in total. The van der Waals surface area contributed by atoms with Crippen LogP contribution in [-0.2, 0) is 16.1 Å². The lowest BCUT2D eigenvalue weighted by molar-refractivity contribution is -0.160. The van der Waals surface area contributed by atoms with Gasteiger partial charge in [-0.05, 0) is 19.3 Å². The van der Waals surface area contributed by atoms with Crippen LogP contribution < -0.4 is 0 Å². The van der Waals surface area contributed by atoms with Crippen LogP contribution >= 0.6 is 0 Å². The molecule has 0 radical (unpaired) electrons. The van der Waals surface area contributed by atoms with E-state index in [1.54, 1.807) is 16.7 Å². The second-order valence-corrected chi connectivity index (χ2v) is 5.31. The number of fused-ring (bicyclic) bond motifs is 1. The Morgan fingerprint density at radius 2 is 2.15 bits per heavy atom. The molecule has 1 aromatic heterocycles. The monoisotopic (exact) mass is 278 g/mol. The van der Waals surface area contributed by atoms with Crippen molar-refractivity contribution < 1.29 is 14.1 Å². The quantitative estimate of drug-likeness (QED) is 0.804. The molecule has 108 valence electrons. The number of carbonyl (C=O) groups excluding carboxylic acids is 2. The molecular weight excluding hydrogens is 260 g/mol. The van der Waals surface area contributed by atoms with E-state index in [9.17, 15) is 9.59 Å². The van der Waals surface area contributed by atoms with Crippen molar-refractivity contribution in [3.63, 3.8) is 0 Å². The number of aryl methyl sites for hydroxylation is 1. The summed E-state index contributed by atoms with van der Waals surface area (Å²) in [7, 11) is 0. The van der Waals surface area contributed by atoms with Crippen LogP contribution in [0.5, 0.6) is 0 Å². The van der Waals surface area contributed by atoms with Gasteiger partial charge in [0.1, 0.15) is 12.1 Å². The fourth-order valence-electron chi connectivity index (χ4n) is 3.10.